The Labute approximate surface area is 123 Å². The lowest BCUT2D eigenvalue weighted by molar-refractivity contribution is -0.119. The molecule has 0 aliphatic carbocycles. The highest BCUT2D eigenvalue weighted by Crippen LogP contribution is 2.32. The van der Waals surface area contributed by atoms with Gasteiger partial charge in [-0.15, -0.1) is 0 Å². The molecule has 0 bridgehead atoms. The normalized spacial score (nSPS) is 23.1. The molecule has 5 heteroatoms. The smallest absolute Gasteiger partial charge is 0.216 e. The number of nitrogens with one attached hydrogen (secondary N) is 2. The van der Waals surface area contributed by atoms with E-state index in [2.05, 4.69) is 10.6 Å². The van der Waals surface area contributed by atoms with Crippen LogP contribution in [0.15, 0.2) is 18.2 Å². The van der Waals surface area contributed by atoms with Crippen LogP contribution < -0.4 is 10.6 Å². The average molecular weight is 299 g/mol. The van der Waals surface area contributed by atoms with Gasteiger partial charge >= 0.3 is 0 Å². The molecule has 1 unspecified atom stereocenters. The molecule has 1 saturated heterocycles. The van der Waals surface area contributed by atoms with Crippen molar-refractivity contribution in [1.82, 2.24) is 10.6 Å². The van der Waals surface area contributed by atoms with Gasteiger partial charge in [0.2, 0.25) is 5.91 Å². The maximum atomic E-state index is 13.3. The molecule has 110 valence electrons. The Hall–Kier alpha value is -1.13. The van der Waals surface area contributed by atoms with Gasteiger partial charge in [0.1, 0.15) is 5.82 Å². The van der Waals surface area contributed by atoms with Crippen molar-refractivity contribution in [2.45, 2.75) is 25.7 Å². The molecule has 2 N–H and O–H groups in total. The van der Waals surface area contributed by atoms with Crippen LogP contribution in [0.2, 0.25) is 5.02 Å². The average Bonchev–Trinajstić information content (AvgIpc) is 2.65. The zero-order valence-corrected chi connectivity index (χ0v) is 12.3. The Morgan fingerprint density at radius 3 is 3.05 bits per heavy atom. The molecule has 3 nitrogen and oxygen atoms in total. The molecule has 1 aromatic rings. The molecule has 2 rings (SSSR count). The van der Waals surface area contributed by atoms with Gasteiger partial charge in [0, 0.05) is 20.0 Å². The fourth-order valence-corrected chi connectivity index (χ4v) is 2.97. The Kier molecular flexibility index (Phi) is 5.38. The van der Waals surface area contributed by atoms with E-state index in [1.807, 2.05) is 0 Å². The monoisotopic (exact) mass is 298 g/mol. The quantitative estimate of drug-likeness (QED) is 0.901. The van der Waals surface area contributed by atoms with E-state index in [0.29, 0.717) is 12.5 Å². The lowest BCUT2D eigenvalue weighted by atomic mass is 9.83. The Morgan fingerprint density at radius 2 is 2.35 bits per heavy atom. The first-order valence-electron chi connectivity index (χ1n) is 6.98. The minimum absolute atomic E-state index is 0.0230. The Bertz CT molecular complexity index is 481. The minimum Gasteiger partial charge on any atom is -0.356 e. The van der Waals surface area contributed by atoms with Gasteiger partial charge in [-0.05, 0) is 48.9 Å². The van der Waals surface area contributed by atoms with Crippen molar-refractivity contribution >= 4 is 17.5 Å². The van der Waals surface area contributed by atoms with E-state index in [-0.39, 0.29) is 22.7 Å². The van der Waals surface area contributed by atoms with E-state index in [9.17, 15) is 9.18 Å². The number of hydrogen-bond acceptors (Lipinski definition) is 2. The second kappa shape index (κ2) is 7.04. The van der Waals surface area contributed by atoms with Gasteiger partial charge < -0.3 is 10.6 Å². The second-order valence-electron chi connectivity index (χ2n) is 5.32. The van der Waals surface area contributed by atoms with Crippen LogP contribution in [0.4, 0.5) is 4.39 Å². The van der Waals surface area contributed by atoms with Crippen molar-refractivity contribution in [3.8, 4) is 0 Å². The highest BCUT2D eigenvalue weighted by atomic mass is 35.5. The largest absolute Gasteiger partial charge is 0.356 e. The van der Waals surface area contributed by atoms with Crippen LogP contribution in [-0.4, -0.2) is 25.5 Å². The molecule has 1 heterocycles. The van der Waals surface area contributed by atoms with Gasteiger partial charge in [-0.25, -0.2) is 4.39 Å². The summed E-state index contributed by atoms with van der Waals surface area (Å²) in [6.07, 6.45) is 2.08. The third-order valence-corrected chi connectivity index (χ3v) is 4.12. The summed E-state index contributed by atoms with van der Waals surface area (Å²) in [6.45, 7) is 3.97. The van der Waals surface area contributed by atoms with Crippen LogP contribution in [0.5, 0.6) is 0 Å². The van der Waals surface area contributed by atoms with E-state index in [1.54, 1.807) is 12.1 Å². The lowest BCUT2D eigenvalue weighted by Gasteiger charge is -2.25. The van der Waals surface area contributed by atoms with Crippen molar-refractivity contribution < 1.29 is 9.18 Å². The fourth-order valence-electron chi connectivity index (χ4n) is 2.78. The molecule has 1 amide bonds. The van der Waals surface area contributed by atoms with E-state index >= 15 is 0 Å². The predicted molar refractivity (Wildman–Crippen MR) is 78.4 cm³/mol. The molecule has 20 heavy (non-hydrogen) atoms. The molecule has 0 spiro atoms. The maximum Gasteiger partial charge on any atom is 0.216 e. The molecule has 1 fully saturated rings. The highest BCUT2D eigenvalue weighted by Gasteiger charge is 2.25. The summed E-state index contributed by atoms with van der Waals surface area (Å²) < 4.78 is 13.3. The molecule has 2 atom stereocenters. The molecule has 1 aliphatic rings. The van der Waals surface area contributed by atoms with Gasteiger partial charge in [-0.3, -0.25) is 4.79 Å². The molecular weight excluding hydrogens is 279 g/mol. The summed E-state index contributed by atoms with van der Waals surface area (Å²) in [5.41, 5.74) is 1.05. The first-order chi connectivity index (χ1) is 9.58. The zero-order valence-electron chi connectivity index (χ0n) is 11.6. The van der Waals surface area contributed by atoms with Crippen LogP contribution in [0, 0.1) is 11.7 Å². The molecule has 0 radical (unpaired) electrons. The summed E-state index contributed by atoms with van der Waals surface area (Å²) in [4.78, 5) is 11.1. The third kappa shape index (κ3) is 3.93. The number of rotatable bonds is 3. The Balaban J connectivity index is 2.18. The van der Waals surface area contributed by atoms with Crippen molar-refractivity contribution in [2.24, 2.45) is 5.92 Å². The number of halogens is 2. The Morgan fingerprint density at radius 1 is 1.55 bits per heavy atom. The lowest BCUT2D eigenvalue weighted by Crippen LogP contribution is -2.35. The van der Waals surface area contributed by atoms with Crippen LogP contribution in [0.25, 0.3) is 0 Å². The van der Waals surface area contributed by atoms with Crippen molar-refractivity contribution in [3.05, 3.63) is 34.6 Å². The highest BCUT2D eigenvalue weighted by molar-refractivity contribution is 6.30. The number of carbonyl (C=O) groups excluding carboxylic acids is 1. The van der Waals surface area contributed by atoms with Crippen molar-refractivity contribution in [2.75, 3.05) is 19.6 Å². The predicted octanol–water partition coefficient (Wildman–Crippen LogP) is 2.70. The number of amides is 1. The summed E-state index contributed by atoms with van der Waals surface area (Å²) >= 11 is 5.89. The van der Waals surface area contributed by atoms with Gasteiger partial charge in [0.25, 0.3) is 0 Å². The van der Waals surface area contributed by atoms with Gasteiger partial charge in [0.05, 0.1) is 5.02 Å². The summed E-state index contributed by atoms with van der Waals surface area (Å²) in [5.74, 6) is 0.170. The number of hydrogen-bond donors (Lipinski definition) is 2. The van der Waals surface area contributed by atoms with Gasteiger partial charge in [0.15, 0.2) is 0 Å². The maximum absolute atomic E-state index is 13.3. The zero-order chi connectivity index (χ0) is 14.5. The second-order valence-corrected chi connectivity index (χ2v) is 5.73. The molecule has 1 aliphatic heterocycles. The summed E-state index contributed by atoms with van der Waals surface area (Å²) in [7, 11) is 0. The standard InChI is InChI=1S/C15H20ClFN2O/c1-10(20)19-9-12-8-18-6-2-3-13(12)11-4-5-15(17)14(16)7-11/h4-5,7,12-13,18H,2-3,6,8-9H2,1H3,(H,19,20)/t12-,13?/m1/s1. The van der Waals surface area contributed by atoms with Gasteiger partial charge in [-0.2, -0.15) is 0 Å². The van der Waals surface area contributed by atoms with E-state index < -0.39 is 0 Å². The molecular formula is C15H20ClFN2O. The first kappa shape index (κ1) is 15.3. The summed E-state index contributed by atoms with van der Waals surface area (Å²) in [6, 6.07) is 4.94. The van der Waals surface area contributed by atoms with Gasteiger partial charge in [-0.1, -0.05) is 17.7 Å². The van der Waals surface area contributed by atoms with Crippen LogP contribution in [0.1, 0.15) is 31.2 Å². The van der Waals surface area contributed by atoms with Crippen LogP contribution >= 0.6 is 11.6 Å². The fraction of sp³-hybridized carbons (Fsp3) is 0.533. The van der Waals surface area contributed by atoms with Crippen molar-refractivity contribution in [3.63, 3.8) is 0 Å². The third-order valence-electron chi connectivity index (χ3n) is 3.83. The first-order valence-corrected chi connectivity index (χ1v) is 7.36. The molecule has 1 aromatic carbocycles. The summed E-state index contributed by atoms with van der Waals surface area (Å²) in [5, 5.41) is 6.44. The van der Waals surface area contributed by atoms with Crippen LogP contribution in [0.3, 0.4) is 0 Å². The molecule has 0 saturated carbocycles. The molecule has 0 aromatic heterocycles. The van der Waals surface area contributed by atoms with Crippen molar-refractivity contribution in [1.29, 1.82) is 0 Å². The number of carbonyl (C=O) groups is 1. The number of benzene rings is 1. The van der Waals surface area contributed by atoms with E-state index in [0.717, 1.165) is 31.5 Å². The van der Waals surface area contributed by atoms with E-state index in [4.69, 9.17) is 11.6 Å². The minimum atomic E-state index is -0.388. The SMILES string of the molecule is CC(=O)NC[C@H]1CNCCCC1c1ccc(F)c(Cl)c1. The van der Waals surface area contributed by atoms with Crippen LogP contribution in [-0.2, 0) is 4.79 Å². The topological polar surface area (TPSA) is 41.1 Å². The van der Waals surface area contributed by atoms with E-state index in [1.165, 1.54) is 13.0 Å².